The molecule has 0 aliphatic carbocycles. The third-order valence-corrected chi connectivity index (χ3v) is 5.79. The van der Waals surface area contributed by atoms with Gasteiger partial charge in [-0.1, -0.05) is 100 Å². The van der Waals surface area contributed by atoms with E-state index >= 15 is 0 Å². The molecule has 0 aliphatic heterocycles. The van der Waals surface area contributed by atoms with Gasteiger partial charge in [-0.05, 0) is 34.7 Å². The molecule has 0 saturated carbocycles. The van der Waals surface area contributed by atoms with Crippen molar-refractivity contribution in [3.05, 3.63) is 96.1 Å². The highest BCUT2D eigenvalue weighted by Crippen LogP contribution is 2.31. The van der Waals surface area contributed by atoms with Gasteiger partial charge in [0.2, 0.25) is 0 Å². The van der Waals surface area contributed by atoms with Crippen LogP contribution in [0.15, 0.2) is 96.1 Å². The molecule has 0 amide bonds. The van der Waals surface area contributed by atoms with Gasteiger partial charge in [0, 0.05) is 10.8 Å². The van der Waals surface area contributed by atoms with E-state index in [2.05, 4.69) is 0 Å². The Morgan fingerprint density at radius 1 is 0.529 bits per heavy atom. The summed E-state index contributed by atoms with van der Waals surface area (Å²) in [5.74, 6) is -0.617. The molecule has 4 heteroatoms. The number of rotatable bonds is 6. The molecule has 34 heavy (non-hydrogen) atoms. The first-order chi connectivity index (χ1) is 16.4. The van der Waals surface area contributed by atoms with E-state index in [0.717, 1.165) is 21.5 Å². The average Bonchev–Trinajstić information content (AvgIpc) is 2.82. The molecule has 0 N–H and O–H groups in total. The van der Waals surface area contributed by atoms with Crippen LogP contribution in [0.5, 0.6) is 11.5 Å². The fraction of sp³-hybridized carbons (Fsp3) is 0.200. The molecule has 0 unspecified atom stereocenters. The lowest BCUT2D eigenvalue weighted by Crippen LogP contribution is -2.25. The topological polar surface area (TPSA) is 52.6 Å². The summed E-state index contributed by atoms with van der Waals surface area (Å²) in [5.41, 5.74) is 0.654. The molecule has 0 atom stereocenters. The second-order valence-corrected chi connectivity index (χ2v) is 8.87. The maximum Gasteiger partial charge on any atom is 0.340 e. The molecule has 4 rings (SSSR count). The highest BCUT2D eigenvalue weighted by molar-refractivity contribution is 6.04. The average molecular weight is 453 g/mol. The summed E-state index contributed by atoms with van der Waals surface area (Å²) >= 11 is 0. The fourth-order valence-corrected chi connectivity index (χ4v) is 4.19. The highest BCUT2D eigenvalue weighted by Gasteiger charge is 2.29. The van der Waals surface area contributed by atoms with Crippen LogP contribution in [0, 0.1) is 11.8 Å². The summed E-state index contributed by atoms with van der Waals surface area (Å²) in [4.78, 5) is 26.9. The quantitative estimate of drug-likeness (QED) is 0.178. The number of benzene rings is 4. The lowest BCUT2D eigenvalue weighted by Gasteiger charge is -2.20. The van der Waals surface area contributed by atoms with Gasteiger partial charge in [-0.3, -0.25) is 0 Å². The normalized spacial score (nSPS) is 12.2. The van der Waals surface area contributed by atoms with Crippen molar-refractivity contribution in [3.8, 4) is 11.5 Å². The first-order valence-corrected chi connectivity index (χ1v) is 11.5. The monoisotopic (exact) mass is 452 g/mol. The highest BCUT2D eigenvalue weighted by atomic mass is 16.5. The number of fused-ring (bicyclic) bond motifs is 2. The first-order valence-electron chi connectivity index (χ1n) is 11.5. The van der Waals surface area contributed by atoms with Crippen molar-refractivity contribution in [1.29, 1.82) is 0 Å². The van der Waals surface area contributed by atoms with Crippen molar-refractivity contribution in [2.75, 3.05) is 0 Å². The van der Waals surface area contributed by atoms with Crippen LogP contribution in [0.4, 0.5) is 0 Å². The summed E-state index contributed by atoms with van der Waals surface area (Å²) in [5, 5.41) is 3.63. The molecule has 0 bridgehead atoms. The maximum absolute atomic E-state index is 13.4. The van der Waals surface area contributed by atoms with Gasteiger partial charge in [-0.2, -0.15) is 0 Å². The van der Waals surface area contributed by atoms with Crippen LogP contribution < -0.4 is 9.47 Å². The number of hydrogen-bond acceptors (Lipinski definition) is 4. The number of hydrogen-bond donors (Lipinski definition) is 0. The van der Waals surface area contributed by atoms with E-state index in [4.69, 9.17) is 9.47 Å². The lowest BCUT2D eigenvalue weighted by atomic mass is 9.90. The van der Waals surface area contributed by atoms with Crippen molar-refractivity contribution in [1.82, 2.24) is 0 Å². The zero-order valence-electron chi connectivity index (χ0n) is 19.9. The van der Waals surface area contributed by atoms with Gasteiger partial charge >= 0.3 is 11.9 Å². The maximum atomic E-state index is 13.4. The molecule has 172 valence electrons. The molecule has 0 saturated heterocycles. The van der Waals surface area contributed by atoms with E-state index in [1.807, 2.05) is 100 Å². The number of esters is 2. The van der Waals surface area contributed by atoms with Gasteiger partial charge in [-0.25, -0.2) is 9.59 Å². The summed E-state index contributed by atoms with van der Waals surface area (Å²) in [6.07, 6.45) is 0. The van der Waals surface area contributed by atoms with E-state index in [1.165, 1.54) is 0 Å². The van der Waals surface area contributed by atoms with E-state index in [-0.39, 0.29) is 11.8 Å². The van der Waals surface area contributed by atoms with Crippen molar-refractivity contribution >= 4 is 33.5 Å². The second kappa shape index (κ2) is 9.92. The third kappa shape index (κ3) is 4.72. The minimum atomic E-state index is -0.537. The largest absolute Gasteiger partial charge is 0.422 e. The minimum Gasteiger partial charge on any atom is -0.422 e. The molecule has 4 aromatic rings. The summed E-state index contributed by atoms with van der Waals surface area (Å²) < 4.78 is 11.7. The number of carbonyl (C=O) groups is 2. The molecule has 4 nitrogen and oxygen atoms in total. The zero-order valence-corrected chi connectivity index (χ0v) is 19.9. The standard InChI is InChI=1S/C30H28O4/c1-19(2)27(29(31)33-25-17-9-13-21-11-5-7-15-23(21)25)28(20(3)4)30(32)34-26-18-10-14-22-12-6-8-16-24(22)26/h5-20H,1-4H3/b28-27+. The summed E-state index contributed by atoms with van der Waals surface area (Å²) in [6.45, 7) is 7.53. The Hall–Kier alpha value is -3.92. The van der Waals surface area contributed by atoms with Gasteiger partial charge in [0.05, 0.1) is 11.1 Å². The molecular formula is C30H28O4. The van der Waals surface area contributed by atoms with Crippen LogP contribution >= 0.6 is 0 Å². The van der Waals surface area contributed by atoms with E-state index in [9.17, 15) is 9.59 Å². The Morgan fingerprint density at radius 2 is 0.882 bits per heavy atom. The van der Waals surface area contributed by atoms with Crippen molar-refractivity contribution in [3.63, 3.8) is 0 Å². The Morgan fingerprint density at radius 3 is 1.26 bits per heavy atom. The van der Waals surface area contributed by atoms with Crippen LogP contribution in [0.25, 0.3) is 21.5 Å². The molecule has 0 radical (unpaired) electrons. The third-order valence-electron chi connectivity index (χ3n) is 5.79. The van der Waals surface area contributed by atoms with Crippen molar-refractivity contribution in [2.45, 2.75) is 27.7 Å². The Kier molecular flexibility index (Phi) is 6.78. The minimum absolute atomic E-state index is 0.236. The first kappa shape index (κ1) is 23.2. The Bertz CT molecular complexity index is 1280. The zero-order chi connectivity index (χ0) is 24.2. The predicted molar refractivity (Wildman–Crippen MR) is 136 cm³/mol. The summed E-state index contributed by atoms with van der Waals surface area (Å²) in [7, 11) is 0. The van der Waals surface area contributed by atoms with Crippen LogP contribution in [-0.4, -0.2) is 11.9 Å². The SMILES string of the molecule is CC(C)/C(C(=O)Oc1cccc2ccccc12)=C(\C(=O)Oc1cccc2ccccc12)C(C)C. The second-order valence-electron chi connectivity index (χ2n) is 8.87. The molecule has 4 aromatic carbocycles. The van der Waals surface area contributed by atoms with Crippen molar-refractivity contribution in [2.24, 2.45) is 11.8 Å². The van der Waals surface area contributed by atoms with Gasteiger partial charge in [0.15, 0.2) is 0 Å². The Labute approximate surface area is 199 Å². The van der Waals surface area contributed by atoms with Crippen LogP contribution in [0.2, 0.25) is 0 Å². The fourth-order valence-electron chi connectivity index (χ4n) is 4.19. The number of ether oxygens (including phenoxy) is 2. The van der Waals surface area contributed by atoms with E-state index < -0.39 is 11.9 Å². The van der Waals surface area contributed by atoms with Gasteiger partial charge in [0.1, 0.15) is 11.5 Å². The van der Waals surface area contributed by atoms with E-state index in [1.54, 1.807) is 12.1 Å². The van der Waals surface area contributed by atoms with Crippen LogP contribution in [0.1, 0.15) is 27.7 Å². The van der Waals surface area contributed by atoms with Gasteiger partial charge in [0.25, 0.3) is 0 Å². The molecule has 0 fully saturated rings. The lowest BCUT2D eigenvalue weighted by molar-refractivity contribution is -0.134. The van der Waals surface area contributed by atoms with E-state index in [0.29, 0.717) is 22.6 Å². The molecule has 0 aromatic heterocycles. The summed E-state index contributed by atoms with van der Waals surface area (Å²) in [6, 6.07) is 26.6. The van der Waals surface area contributed by atoms with Gasteiger partial charge in [-0.15, -0.1) is 0 Å². The molecule has 0 aliphatic rings. The molecule has 0 heterocycles. The number of carbonyl (C=O) groups excluding carboxylic acids is 2. The molecule has 0 spiro atoms. The smallest absolute Gasteiger partial charge is 0.340 e. The van der Waals surface area contributed by atoms with Gasteiger partial charge < -0.3 is 9.47 Å². The molecular weight excluding hydrogens is 424 g/mol. The van der Waals surface area contributed by atoms with Crippen molar-refractivity contribution < 1.29 is 19.1 Å². The van der Waals surface area contributed by atoms with Crippen LogP contribution in [0.3, 0.4) is 0 Å². The van der Waals surface area contributed by atoms with Crippen LogP contribution in [-0.2, 0) is 9.59 Å². The Balaban J connectivity index is 1.72. The predicted octanol–water partition coefficient (Wildman–Crippen LogP) is 7.11.